The Morgan fingerprint density at radius 3 is 2.30 bits per heavy atom. The number of carbonyl (C=O) groups excluding carboxylic acids is 1. The smallest absolute Gasteiger partial charge is 0.305 e. The molecule has 1 aromatic carbocycles. The molecule has 0 radical (unpaired) electrons. The van der Waals surface area contributed by atoms with Crippen molar-refractivity contribution in [3.63, 3.8) is 0 Å². The van der Waals surface area contributed by atoms with Gasteiger partial charge in [-0.25, -0.2) is 0 Å². The number of nitrogens with two attached hydrogens (primary N) is 1. The van der Waals surface area contributed by atoms with E-state index < -0.39 is 0 Å². The van der Waals surface area contributed by atoms with Crippen LogP contribution in [0.1, 0.15) is 18.4 Å². The Morgan fingerprint density at radius 2 is 1.65 bits per heavy atom. The Hall–Kier alpha value is -1.63. The number of benzene rings is 1. The first-order chi connectivity index (χ1) is 11.3. The molecule has 6 heteroatoms. The van der Waals surface area contributed by atoms with Crippen LogP contribution in [0.2, 0.25) is 0 Å². The quantitative estimate of drug-likeness (QED) is 0.438. The lowest BCUT2D eigenvalue weighted by molar-refractivity contribution is -0.140. The first-order valence-corrected chi connectivity index (χ1v) is 7.90. The van der Waals surface area contributed by atoms with Crippen molar-refractivity contribution in [3.05, 3.63) is 29.8 Å². The summed E-state index contributed by atoms with van der Waals surface area (Å²) < 4.78 is 20.8. The fourth-order valence-electron chi connectivity index (χ4n) is 1.92. The molecule has 0 saturated carbocycles. The molecule has 0 aromatic heterocycles. The summed E-state index contributed by atoms with van der Waals surface area (Å²) in [5.74, 6) is 0.642. The molecule has 0 amide bonds. The first kappa shape index (κ1) is 19.4. The van der Waals surface area contributed by atoms with Crippen LogP contribution in [-0.4, -0.2) is 52.7 Å². The summed E-state index contributed by atoms with van der Waals surface area (Å²) in [5.41, 5.74) is 6.48. The van der Waals surface area contributed by atoms with Crippen molar-refractivity contribution in [1.29, 1.82) is 0 Å². The molecule has 0 aliphatic carbocycles. The molecule has 0 fully saturated rings. The van der Waals surface area contributed by atoms with Gasteiger partial charge >= 0.3 is 5.97 Å². The third-order valence-corrected chi connectivity index (χ3v) is 3.13. The van der Waals surface area contributed by atoms with Crippen molar-refractivity contribution < 1.29 is 23.7 Å². The Bertz CT molecular complexity index is 421. The first-order valence-electron chi connectivity index (χ1n) is 7.90. The lowest BCUT2D eigenvalue weighted by atomic mass is 10.1. The summed E-state index contributed by atoms with van der Waals surface area (Å²) in [6, 6.07) is 7.87. The molecule has 0 aliphatic heterocycles. The monoisotopic (exact) mass is 325 g/mol. The SMILES string of the molecule is COC(=O)CCCc1ccc(OCCOCCOCCN)cc1. The highest BCUT2D eigenvalue weighted by Crippen LogP contribution is 2.14. The van der Waals surface area contributed by atoms with Crippen LogP contribution in [0.25, 0.3) is 0 Å². The summed E-state index contributed by atoms with van der Waals surface area (Å²) in [4.78, 5) is 11.0. The number of esters is 1. The second-order valence-electron chi connectivity index (χ2n) is 4.94. The van der Waals surface area contributed by atoms with E-state index in [-0.39, 0.29) is 5.97 Å². The van der Waals surface area contributed by atoms with Crippen LogP contribution < -0.4 is 10.5 Å². The van der Waals surface area contributed by atoms with Gasteiger partial charge in [0.25, 0.3) is 0 Å². The van der Waals surface area contributed by atoms with E-state index in [9.17, 15) is 4.79 Å². The van der Waals surface area contributed by atoms with Gasteiger partial charge in [0.2, 0.25) is 0 Å². The van der Waals surface area contributed by atoms with Crippen molar-refractivity contribution >= 4 is 5.97 Å². The van der Waals surface area contributed by atoms with E-state index in [1.807, 2.05) is 24.3 Å². The van der Waals surface area contributed by atoms with Crippen LogP contribution in [0.5, 0.6) is 5.75 Å². The predicted molar refractivity (Wildman–Crippen MR) is 87.6 cm³/mol. The Balaban J connectivity index is 2.08. The van der Waals surface area contributed by atoms with Gasteiger partial charge in [-0.2, -0.15) is 0 Å². The topological polar surface area (TPSA) is 80.0 Å². The van der Waals surface area contributed by atoms with E-state index >= 15 is 0 Å². The number of rotatable bonds is 13. The van der Waals surface area contributed by atoms with Gasteiger partial charge in [-0.3, -0.25) is 4.79 Å². The standard InChI is InChI=1S/C17H27NO5/c1-20-17(19)4-2-3-15-5-7-16(8-6-15)23-14-13-22-12-11-21-10-9-18/h5-8H,2-4,9-14,18H2,1H3. The summed E-state index contributed by atoms with van der Waals surface area (Å²) in [6.07, 6.45) is 2.08. The van der Waals surface area contributed by atoms with Gasteiger partial charge in [0.1, 0.15) is 12.4 Å². The number of ether oxygens (including phenoxy) is 4. The Labute approximate surface area is 137 Å². The molecule has 0 bridgehead atoms. The van der Waals surface area contributed by atoms with Crippen LogP contribution in [-0.2, 0) is 25.4 Å². The zero-order valence-corrected chi connectivity index (χ0v) is 13.8. The highest BCUT2D eigenvalue weighted by atomic mass is 16.5. The highest BCUT2D eigenvalue weighted by Gasteiger charge is 2.01. The molecule has 0 saturated heterocycles. The number of hydrogen-bond acceptors (Lipinski definition) is 6. The molecule has 23 heavy (non-hydrogen) atoms. The zero-order valence-electron chi connectivity index (χ0n) is 13.8. The third-order valence-electron chi connectivity index (χ3n) is 3.13. The molecule has 0 spiro atoms. The molecule has 0 unspecified atom stereocenters. The van der Waals surface area contributed by atoms with E-state index in [1.165, 1.54) is 12.7 Å². The van der Waals surface area contributed by atoms with Gasteiger partial charge in [0.15, 0.2) is 0 Å². The number of hydrogen-bond donors (Lipinski definition) is 1. The van der Waals surface area contributed by atoms with Crippen LogP contribution in [0.15, 0.2) is 24.3 Å². The molecule has 130 valence electrons. The van der Waals surface area contributed by atoms with Crippen LogP contribution >= 0.6 is 0 Å². The fraction of sp³-hybridized carbons (Fsp3) is 0.588. The number of aryl methyl sites for hydroxylation is 1. The van der Waals surface area contributed by atoms with Gasteiger partial charge in [0.05, 0.1) is 33.5 Å². The van der Waals surface area contributed by atoms with Crippen LogP contribution in [0.3, 0.4) is 0 Å². The highest BCUT2D eigenvalue weighted by molar-refractivity contribution is 5.69. The minimum atomic E-state index is -0.168. The lowest BCUT2D eigenvalue weighted by Gasteiger charge is -2.08. The minimum absolute atomic E-state index is 0.168. The van der Waals surface area contributed by atoms with Crippen molar-refractivity contribution in [2.75, 3.05) is 46.7 Å². The molecular weight excluding hydrogens is 298 g/mol. The molecule has 6 nitrogen and oxygen atoms in total. The molecule has 0 atom stereocenters. The summed E-state index contributed by atoms with van der Waals surface area (Å²) in [6.45, 7) is 3.21. The Morgan fingerprint density at radius 1 is 1.00 bits per heavy atom. The average Bonchev–Trinajstić information content (AvgIpc) is 2.58. The third kappa shape index (κ3) is 9.89. The summed E-state index contributed by atoms with van der Waals surface area (Å²) in [7, 11) is 1.41. The average molecular weight is 325 g/mol. The van der Waals surface area contributed by atoms with Crippen molar-refractivity contribution in [2.45, 2.75) is 19.3 Å². The summed E-state index contributed by atoms with van der Waals surface area (Å²) >= 11 is 0. The summed E-state index contributed by atoms with van der Waals surface area (Å²) in [5, 5.41) is 0. The lowest BCUT2D eigenvalue weighted by Crippen LogP contribution is -2.14. The van der Waals surface area contributed by atoms with E-state index in [0.29, 0.717) is 46.0 Å². The van der Waals surface area contributed by atoms with E-state index in [4.69, 9.17) is 19.9 Å². The largest absolute Gasteiger partial charge is 0.491 e. The normalized spacial score (nSPS) is 10.5. The maximum absolute atomic E-state index is 11.0. The Kier molecular flexibility index (Phi) is 10.9. The molecule has 0 heterocycles. The van der Waals surface area contributed by atoms with Crippen LogP contribution in [0.4, 0.5) is 0 Å². The van der Waals surface area contributed by atoms with Crippen molar-refractivity contribution in [2.24, 2.45) is 5.73 Å². The van der Waals surface area contributed by atoms with Gasteiger partial charge in [-0.15, -0.1) is 0 Å². The van der Waals surface area contributed by atoms with Gasteiger partial charge in [-0.05, 0) is 30.5 Å². The van der Waals surface area contributed by atoms with Gasteiger partial charge < -0.3 is 24.7 Å². The minimum Gasteiger partial charge on any atom is -0.491 e. The number of methoxy groups -OCH3 is 1. The van der Waals surface area contributed by atoms with E-state index in [1.54, 1.807) is 0 Å². The molecule has 1 aromatic rings. The fourth-order valence-corrected chi connectivity index (χ4v) is 1.92. The van der Waals surface area contributed by atoms with E-state index in [2.05, 4.69) is 4.74 Å². The van der Waals surface area contributed by atoms with Crippen LogP contribution in [0, 0.1) is 0 Å². The van der Waals surface area contributed by atoms with Crippen molar-refractivity contribution in [1.82, 2.24) is 0 Å². The van der Waals surface area contributed by atoms with Crippen molar-refractivity contribution in [3.8, 4) is 5.75 Å². The van der Waals surface area contributed by atoms with Gasteiger partial charge in [-0.1, -0.05) is 12.1 Å². The van der Waals surface area contributed by atoms with E-state index in [0.717, 1.165) is 18.6 Å². The molecule has 2 N–H and O–H groups in total. The van der Waals surface area contributed by atoms with Gasteiger partial charge in [0, 0.05) is 13.0 Å². The molecule has 0 aliphatic rings. The predicted octanol–water partition coefficient (Wildman–Crippen LogP) is 1.55. The second-order valence-corrected chi connectivity index (χ2v) is 4.94. The molecular formula is C17H27NO5. The molecule has 1 rings (SSSR count). The zero-order chi connectivity index (χ0) is 16.8. The second kappa shape index (κ2) is 12.9. The maximum Gasteiger partial charge on any atom is 0.305 e. The number of carbonyl (C=O) groups is 1. The maximum atomic E-state index is 11.0.